The van der Waals surface area contributed by atoms with Gasteiger partial charge in [0, 0.05) is 5.92 Å². The summed E-state index contributed by atoms with van der Waals surface area (Å²) in [7, 11) is 0. The molecule has 15 heavy (non-hydrogen) atoms. The van der Waals surface area contributed by atoms with Gasteiger partial charge in [-0.2, -0.15) is 0 Å². The van der Waals surface area contributed by atoms with Gasteiger partial charge in [0.2, 0.25) is 0 Å². The first kappa shape index (κ1) is 9.22. The minimum absolute atomic E-state index is 0.609. The molecule has 1 aromatic carbocycles. The number of benzene rings is 1. The molecule has 1 aliphatic heterocycles. The van der Waals surface area contributed by atoms with Crippen molar-refractivity contribution in [2.75, 3.05) is 19.8 Å². The smallest absolute Gasteiger partial charge is 0.119 e. The number of hydrogen-bond donors (Lipinski definition) is 0. The van der Waals surface area contributed by atoms with Crippen molar-refractivity contribution >= 4 is 0 Å². The maximum Gasteiger partial charge on any atom is 0.119 e. The van der Waals surface area contributed by atoms with Gasteiger partial charge in [0.1, 0.15) is 5.75 Å². The van der Waals surface area contributed by atoms with Gasteiger partial charge >= 0.3 is 0 Å². The van der Waals surface area contributed by atoms with Crippen molar-refractivity contribution in [3.63, 3.8) is 0 Å². The molecule has 0 atom stereocenters. The van der Waals surface area contributed by atoms with Crippen LogP contribution >= 0.6 is 0 Å². The summed E-state index contributed by atoms with van der Waals surface area (Å²) in [5.41, 5.74) is 2.99. The average molecular weight is 204 g/mol. The molecule has 0 bridgehead atoms. The molecule has 1 aliphatic carbocycles. The largest absolute Gasteiger partial charge is 0.493 e. The third kappa shape index (κ3) is 1.86. The molecule has 80 valence electrons. The van der Waals surface area contributed by atoms with E-state index in [1.807, 2.05) is 0 Å². The van der Waals surface area contributed by atoms with E-state index in [4.69, 9.17) is 9.47 Å². The van der Waals surface area contributed by atoms with Gasteiger partial charge in [0.25, 0.3) is 0 Å². The lowest BCUT2D eigenvalue weighted by Gasteiger charge is -2.25. The Morgan fingerprint density at radius 2 is 2.07 bits per heavy atom. The number of fused-ring (bicyclic) bond motifs is 1. The van der Waals surface area contributed by atoms with E-state index in [-0.39, 0.29) is 0 Å². The first-order valence-corrected chi connectivity index (χ1v) is 5.74. The van der Waals surface area contributed by atoms with E-state index in [9.17, 15) is 0 Å². The Labute approximate surface area is 90.2 Å². The molecule has 0 unspecified atom stereocenters. The fourth-order valence-electron chi connectivity index (χ4n) is 2.23. The van der Waals surface area contributed by atoms with Gasteiger partial charge < -0.3 is 9.47 Å². The van der Waals surface area contributed by atoms with E-state index in [1.54, 1.807) is 0 Å². The summed E-state index contributed by atoms with van der Waals surface area (Å²) in [4.78, 5) is 0. The second-order valence-electron chi connectivity index (χ2n) is 4.50. The van der Waals surface area contributed by atoms with Crippen LogP contribution in [0.25, 0.3) is 0 Å². The topological polar surface area (TPSA) is 18.5 Å². The fourth-order valence-corrected chi connectivity index (χ4v) is 2.23. The first-order valence-electron chi connectivity index (χ1n) is 5.74. The van der Waals surface area contributed by atoms with Crippen molar-refractivity contribution in [1.82, 2.24) is 0 Å². The zero-order valence-electron chi connectivity index (χ0n) is 8.87. The molecule has 0 radical (unpaired) electrons. The SMILES string of the molecule is c1cc2c(cc1OCC1COC1)CCC2. The van der Waals surface area contributed by atoms with Gasteiger partial charge in [0.05, 0.1) is 19.8 Å². The third-order valence-electron chi connectivity index (χ3n) is 3.26. The van der Waals surface area contributed by atoms with Crippen molar-refractivity contribution in [1.29, 1.82) is 0 Å². The van der Waals surface area contributed by atoms with Crippen LogP contribution in [0.1, 0.15) is 17.5 Å². The molecule has 0 spiro atoms. The first-order chi connectivity index (χ1) is 7.42. The number of aryl methyl sites for hydroxylation is 2. The monoisotopic (exact) mass is 204 g/mol. The third-order valence-corrected chi connectivity index (χ3v) is 3.26. The second-order valence-corrected chi connectivity index (χ2v) is 4.50. The molecule has 2 heteroatoms. The van der Waals surface area contributed by atoms with E-state index >= 15 is 0 Å². The van der Waals surface area contributed by atoms with Gasteiger partial charge in [-0.15, -0.1) is 0 Å². The Kier molecular flexibility index (Phi) is 2.37. The molecule has 2 aliphatic rings. The molecule has 1 aromatic rings. The van der Waals surface area contributed by atoms with E-state index in [0.717, 1.165) is 25.6 Å². The summed E-state index contributed by atoms with van der Waals surface area (Å²) < 4.78 is 10.9. The lowest BCUT2D eigenvalue weighted by atomic mass is 10.1. The van der Waals surface area contributed by atoms with Crippen LogP contribution in [-0.2, 0) is 17.6 Å². The molecular formula is C13H16O2. The van der Waals surface area contributed by atoms with E-state index in [0.29, 0.717) is 5.92 Å². The lowest BCUT2D eigenvalue weighted by Crippen LogP contribution is -2.32. The standard InChI is InChI=1S/C13H16O2/c1-2-11-4-5-13(6-12(11)3-1)15-9-10-7-14-8-10/h4-6,10H,1-3,7-9H2. The van der Waals surface area contributed by atoms with Crippen LogP contribution in [0.15, 0.2) is 18.2 Å². The Morgan fingerprint density at radius 1 is 1.20 bits per heavy atom. The van der Waals surface area contributed by atoms with Gasteiger partial charge in [-0.3, -0.25) is 0 Å². The van der Waals surface area contributed by atoms with Gasteiger partial charge in [-0.05, 0) is 42.5 Å². The van der Waals surface area contributed by atoms with E-state index in [2.05, 4.69) is 18.2 Å². The second kappa shape index (κ2) is 3.86. The van der Waals surface area contributed by atoms with Crippen LogP contribution in [0.4, 0.5) is 0 Å². The summed E-state index contributed by atoms with van der Waals surface area (Å²) in [6.45, 7) is 2.54. The highest BCUT2D eigenvalue weighted by Gasteiger charge is 2.19. The van der Waals surface area contributed by atoms with Gasteiger partial charge in [-0.25, -0.2) is 0 Å². The van der Waals surface area contributed by atoms with Crippen LogP contribution in [0.3, 0.4) is 0 Å². The van der Waals surface area contributed by atoms with Crippen LogP contribution in [-0.4, -0.2) is 19.8 Å². The quantitative estimate of drug-likeness (QED) is 0.751. The average Bonchev–Trinajstić information content (AvgIpc) is 2.62. The zero-order valence-corrected chi connectivity index (χ0v) is 8.87. The molecule has 1 heterocycles. The van der Waals surface area contributed by atoms with Gasteiger partial charge in [0.15, 0.2) is 0 Å². The summed E-state index contributed by atoms with van der Waals surface area (Å²) >= 11 is 0. The Bertz CT molecular complexity index is 356. The van der Waals surface area contributed by atoms with Gasteiger partial charge in [-0.1, -0.05) is 6.07 Å². The molecular weight excluding hydrogens is 188 g/mol. The highest BCUT2D eigenvalue weighted by Crippen LogP contribution is 2.26. The van der Waals surface area contributed by atoms with Crippen molar-refractivity contribution in [2.45, 2.75) is 19.3 Å². The normalized spacial score (nSPS) is 19.7. The predicted octanol–water partition coefficient (Wildman–Crippen LogP) is 2.20. The fraction of sp³-hybridized carbons (Fsp3) is 0.538. The molecule has 3 rings (SSSR count). The van der Waals surface area contributed by atoms with E-state index < -0.39 is 0 Å². The molecule has 2 nitrogen and oxygen atoms in total. The molecule has 1 saturated heterocycles. The number of ether oxygens (including phenoxy) is 2. The van der Waals surface area contributed by atoms with Crippen molar-refractivity contribution in [3.8, 4) is 5.75 Å². The maximum atomic E-state index is 5.76. The van der Waals surface area contributed by atoms with Crippen LogP contribution < -0.4 is 4.74 Å². The number of hydrogen-bond acceptors (Lipinski definition) is 2. The molecule has 0 aromatic heterocycles. The summed E-state index contributed by atoms with van der Waals surface area (Å²) in [6, 6.07) is 6.53. The van der Waals surface area contributed by atoms with E-state index in [1.165, 1.54) is 30.4 Å². The van der Waals surface area contributed by atoms with Crippen LogP contribution in [0, 0.1) is 5.92 Å². The zero-order chi connectivity index (χ0) is 10.1. The molecule has 0 amide bonds. The summed E-state index contributed by atoms with van der Waals surface area (Å²) in [5, 5.41) is 0. The Morgan fingerprint density at radius 3 is 2.87 bits per heavy atom. The highest BCUT2D eigenvalue weighted by molar-refractivity contribution is 5.38. The lowest BCUT2D eigenvalue weighted by molar-refractivity contribution is -0.0508. The minimum atomic E-state index is 0.609. The predicted molar refractivity (Wildman–Crippen MR) is 58.3 cm³/mol. The minimum Gasteiger partial charge on any atom is -0.493 e. The highest BCUT2D eigenvalue weighted by atomic mass is 16.5. The summed E-state index contributed by atoms with van der Waals surface area (Å²) in [6.07, 6.45) is 3.76. The summed E-state index contributed by atoms with van der Waals surface area (Å²) in [5.74, 6) is 1.64. The molecule has 0 saturated carbocycles. The van der Waals surface area contributed by atoms with Crippen molar-refractivity contribution < 1.29 is 9.47 Å². The van der Waals surface area contributed by atoms with Crippen molar-refractivity contribution in [2.24, 2.45) is 5.92 Å². The Balaban J connectivity index is 1.64. The molecule has 1 fully saturated rings. The maximum absolute atomic E-state index is 5.76. The van der Waals surface area contributed by atoms with Crippen molar-refractivity contribution in [3.05, 3.63) is 29.3 Å². The Hall–Kier alpha value is -1.02. The number of rotatable bonds is 3. The van der Waals surface area contributed by atoms with Crippen LogP contribution in [0.2, 0.25) is 0 Å². The molecule has 0 N–H and O–H groups in total. The van der Waals surface area contributed by atoms with Crippen LogP contribution in [0.5, 0.6) is 5.75 Å².